The molecule has 210 valence electrons. The maximum atomic E-state index is 13.0. The van der Waals surface area contributed by atoms with E-state index in [0.717, 1.165) is 11.6 Å². The lowest BCUT2D eigenvalue weighted by atomic mass is 10.1. The summed E-state index contributed by atoms with van der Waals surface area (Å²) in [5.41, 5.74) is 7.17. The van der Waals surface area contributed by atoms with Gasteiger partial charge in [0.25, 0.3) is 11.8 Å². The molecular formula is C27H34FN5O6. The fourth-order valence-corrected chi connectivity index (χ4v) is 2.89. The third-order valence-electron chi connectivity index (χ3n) is 4.90. The number of carbonyl (C=O) groups excluding carboxylic acids is 2. The molecule has 0 saturated heterocycles. The van der Waals surface area contributed by atoms with Crippen LogP contribution in [0, 0.1) is 35.4 Å². The average molecular weight is 544 g/mol. The Labute approximate surface area is 227 Å². The van der Waals surface area contributed by atoms with Gasteiger partial charge in [-0.15, -0.1) is 0 Å². The summed E-state index contributed by atoms with van der Waals surface area (Å²) in [6.45, 7) is 5.33. The minimum atomic E-state index is -0.652. The van der Waals surface area contributed by atoms with Gasteiger partial charge in [-0.2, -0.15) is 10.5 Å². The van der Waals surface area contributed by atoms with E-state index >= 15 is 0 Å². The van der Waals surface area contributed by atoms with E-state index < -0.39 is 11.7 Å². The number of aryl methyl sites for hydroxylation is 1. The van der Waals surface area contributed by atoms with E-state index in [-0.39, 0.29) is 43.4 Å². The van der Waals surface area contributed by atoms with Gasteiger partial charge in [-0.25, -0.2) is 4.39 Å². The first kappa shape index (κ1) is 33.1. The molecule has 5 N–H and O–H groups in total. The summed E-state index contributed by atoms with van der Waals surface area (Å²) in [4.78, 5) is 23.5. The lowest BCUT2D eigenvalue weighted by molar-refractivity contribution is 0.0511. The number of nitrogens with zero attached hydrogens (tertiary/aromatic N) is 2. The van der Waals surface area contributed by atoms with E-state index in [9.17, 15) is 14.0 Å². The molecule has 0 spiro atoms. The Morgan fingerprint density at radius 1 is 0.846 bits per heavy atom. The van der Waals surface area contributed by atoms with Crippen molar-refractivity contribution in [2.45, 2.75) is 6.92 Å². The molecule has 0 fully saturated rings. The number of ether oxygens (including phenoxy) is 3. The van der Waals surface area contributed by atoms with Gasteiger partial charge in [-0.1, -0.05) is 6.07 Å². The first-order valence-electron chi connectivity index (χ1n) is 12.2. The van der Waals surface area contributed by atoms with Gasteiger partial charge in [0.05, 0.1) is 63.4 Å². The van der Waals surface area contributed by atoms with Crippen LogP contribution in [0.2, 0.25) is 0 Å². The summed E-state index contributed by atoms with van der Waals surface area (Å²) < 4.78 is 28.4. The molecule has 2 amide bonds. The van der Waals surface area contributed by atoms with Crippen LogP contribution in [0.25, 0.3) is 0 Å². The Hall–Kier alpha value is -3.91. The largest absolute Gasteiger partial charge is 0.394 e. The standard InChI is InChI=1S/C15H21N3O3.C12H13FN2O3/c1-12-2-3-13(10-14(12)11-17)15(19)18-5-7-21-9-8-20-6-4-16;13-11-2-1-9(7-10(11)8-14)12(17)15-3-5-18-6-4-16/h2-3,10H,4-9,16H2,1H3,(H,18,19);1-2,7,16H,3-6H2,(H,15,17). The summed E-state index contributed by atoms with van der Waals surface area (Å²) in [5.74, 6) is -1.27. The van der Waals surface area contributed by atoms with Crippen LogP contribution in [0.1, 0.15) is 37.4 Å². The summed E-state index contributed by atoms with van der Waals surface area (Å²) in [7, 11) is 0. The SMILES string of the molecule is Cc1ccc(C(=O)NCCOCCOCCN)cc1C#N.N#Cc1cc(C(=O)NCCOCCO)ccc1F. The number of rotatable bonds is 15. The van der Waals surface area contributed by atoms with Gasteiger partial charge in [0.2, 0.25) is 0 Å². The second-order valence-corrected chi connectivity index (χ2v) is 7.81. The van der Waals surface area contributed by atoms with Gasteiger partial charge in [0.1, 0.15) is 11.9 Å². The third kappa shape index (κ3) is 13.4. The maximum absolute atomic E-state index is 13.0. The number of aliphatic hydroxyl groups excluding tert-OH is 1. The molecule has 0 radical (unpaired) electrons. The molecule has 0 saturated carbocycles. The Morgan fingerprint density at radius 2 is 1.36 bits per heavy atom. The van der Waals surface area contributed by atoms with Crippen LogP contribution in [0.4, 0.5) is 4.39 Å². The molecular weight excluding hydrogens is 509 g/mol. The molecule has 0 bridgehead atoms. The molecule has 39 heavy (non-hydrogen) atoms. The number of hydrogen-bond acceptors (Lipinski definition) is 9. The minimum absolute atomic E-state index is 0.0720. The predicted octanol–water partition coefficient (Wildman–Crippen LogP) is 1.02. The van der Waals surface area contributed by atoms with Crippen molar-refractivity contribution in [3.63, 3.8) is 0 Å². The Morgan fingerprint density at radius 3 is 1.90 bits per heavy atom. The molecule has 0 aliphatic rings. The van der Waals surface area contributed by atoms with Gasteiger partial charge >= 0.3 is 0 Å². The molecule has 0 unspecified atom stereocenters. The zero-order valence-electron chi connectivity index (χ0n) is 21.9. The van der Waals surface area contributed by atoms with Crippen LogP contribution in [0.15, 0.2) is 36.4 Å². The average Bonchev–Trinajstić information content (AvgIpc) is 2.95. The van der Waals surface area contributed by atoms with Crippen LogP contribution in [0.3, 0.4) is 0 Å². The number of benzene rings is 2. The van der Waals surface area contributed by atoms with Crippen molar-refractivity contribution in [2.24, 2.45) is 5.73 Å². The molecule has 0 aliphatic heterocycles. The Kier molecular flexibility index (Phi) is 17.1. The highest BCUT2D eigenvalue weighted by atomic mass is 19.1. The van der Waals surface area contributed by atoms with Crippen LogP contribution in [0.5, 0.6) is 0 Å². The Bertz CT molecular complexity index is 1130. The van der Waals surface area contributed by atoms with Gasteiger partial charge in [0, 0.05) is 30.8 Å². The second-order valence-electron chi connectivity index (χ2n) is 7.81. The Balaban J connectivity index is 0.000000395. The normalized spacial score (nSPS) is 10.0. The van der Waals surface area contributed by atoms with E-state index in [2.05, 4.69) is 16.7 Å². The molecule has 0 aromatic heterocycles. The fraction of sp³-hybridized carbons (Fsp3) is 0.407. The lowest BCUT2D eigenvalue weighted by Gasteiger charge is -2.07. The molecule has 0 atom stereocenters. The number of hydrogen-bond donors (Lipinski definition) is 4. The van der Waals surface area contributed by atoms with Crippen LogP contribution in [-0.2, 0) is 14.2 Å². The number of carbonyl (C=O) groups is 2. The maximum Gasteiger partial charge on any atom is 0.251 e. The van der Waals surface area contributed by atoms with Crippen molar-refractivity contribution in [3.8, 4) is 12.1 Å². The number of nitrogens with two attached hydrogens (primary N) is 1. The summed E-state index contributed by atoms with van der Waals surface area (Å²) in [6.07, 6.45) is 0. The summed E-state index contributed by atoms with van der Waals surface area (Å²) in [5, 5.41) is 31.3. The van der Waals surface area contributed by atoms with Crippen LogP contribution >= 0.6 is 0 Å². The fourth-order valence-electron chi connectivity index (χ4n) is 2.89. The van der Waals surface area contributed by atoms with E-state index in [4.69, 9.17) is 35.6 Å². The highest BCUT2D eigenvalue weighted by molar-refractivity contribution is 5.95. The van der Waals surface area contributed by atoms with E-state index in [1.165, 1.54) is 12.1 Å². The van der Waals surface area contributed by atoms with Crippen molar-refractivity contribution in [3.05, 3.63) is 70.0 Å². The zero-order chi connectivity index (χ0) is 28.9. The van der Waals surface area contributed by atoms with Crippen LogP contribution in [-0.4, -0.2) is 82.8 Å². The van der Waals surface area contributed by atoms with Crippen molar-refractivity contribution < 1.29 is 33.3 Å². The number of nitriles is 2. The molecule has 0 heterocycles. The predicted molar refractivity (Wildman–Crippen MR) is 140 cm³/mol. The van der Waals surface area contributed by atoms with E-state index in [1.54, 1.807) is 24.3 Å². The molecule has 12 heteroatoms. The topological polar surface area (TPSA) is 180 Å². The number of nitrogens with one attached hydrogen (secondary N) is 2. The molecule has 2 aromatic carbocycles. The first-order valence-corrected chi connectivity index (χ1v) is 12.2. The highest BCUT2D eigenvalue weighted by Gasteiger charge is 2.09. The van der Waals surface area contributed by atoms with Crippen LogP contribution < -0.4 is 16.4 Å². The third-order valence-corrected chi connectivity index (χ3v) is 4.90. The molecule has 2 aromatic rings. The highest BCUT2D eigenvalue weighted by Crippen LogP contribution is 2.10. The first-order chi connectivity index (χ1) is 18.9. The summed E-state index contributed by atoms with van der Waals surface area (Å²) >= 11 is 0. The number of aliphatic hydroxyl groups is 1. The van der Waals surface area contributed by atoms with Crippen molar-refractivity contribution in [2.75, 3.05) is 65.9 Å². The summed E-state index contributed by atoms with van der Waals surface area (Å²) in [6, 6.07) is 12.4. The van der Waals surface area contributed by atoms with Gasteiger partial charge < -0.3 is 35.7 Å². The second kappa shape index (κ2) is 20.1. The van der Waals surface area contributed by atoms with Gasteiger partial charge in [0.15, 0.2) is 0 Å². The molecule has 2 rings (SSSR count). The quantitative estimate of drug-likeness (QED) is 0.239. The lowest BCUT2D eigenvalue weighted by Crippen LogP contribution is -2.27. The van der Waals surface area contributed by atoms with Gasteiger partial charge in [-0.05, 0) is 42.8 Å². The van der Waals surface area contributed by atoms with Crippen molar-refractivity contribution in [1.82, 2.24) is 10.6 Å². The molecule has 11 nitrogen and oxygen atoms in total. The van der Waals surface area contributed by atoms with Gasteiger partial charge in [-0.3, -0.25) is 9.59 Å². The van der Waals surface area contributed by atoms with E-state index in [1.807, 2.05) is 6.92 Å². The number of amides is 2. The number of halogens is 1. The monoisotopic (exact) mass is 543 g/mol. The van der Waals surface area contributed by atoms with Crippen molar-refractivity contribution >= 4 is 11.8 Å². The van der Waals surface area contributed by atoms with E-state index in [0.29, 0.717) is 50.6 Å². The van der Waals surface area contributed by atoms with Crippen molar-refractivity contribution in [1.29, 1.82) is 10.5 Å². The zero-order valence-corrected chi connectivity index (χ0v) is 21.9. The smallest absolute Gasteiger partial charge is 0.251 e. The minimum Gasteiger partial charge on any atom is -0.394 e. The molecule has 0 aliphatic carbocycles.